The number of rotatable bonds is 5. The van der Waals surface area contributed by atoms with Gasteiger partial charge in [0.2, 0.25) is 15.9 Å². The van der Waals surface area contributed by atoms with Gasteiger partial charge in [0.05, 0.1) is 17.1 Å². The molecule has 0 aromatic heterocycles. The van der Waals surface area contributed by atoms with Crippen LogP contribution in [0.15, 0.2) is 58.3 Å². The van der Waals surface area contributed by atoms with Gasteiger partial charge in [0.15, 0.2) is 5.78 Å². The Morgan fingerprint density at radius 1 is 0.970 bits per heavy atom. The summed E-state index contributed by atoms with van der Waals surface area (Å²) in [7, 11) is -3.63. The lowest BCUT2D eigenvalue weighted by Gasteiger charge is -2.34. The van der Waals surface area contributed by atoms with Gasteiger partial charge in [-0.15, -0.1) is 11.8 Å². The summed E-state index contributed by atoms with van der Waals surface area (Å²) in [5, 5.41) is 0.446. The largest absolute Gasteiger partial charge is 0.310 e. The van der Waals surface area contributed by atoms with Crippen LogP contribution in [0.1, 0.15) is 30.6 Å². The van der Waals surface area contributed by atoms with Crippen molar-refractivity contribution in [2.45, 2.75) is 35.3 Å². The SMILES string of the molecule is CC(=O)c1ccc(S(=O)(=O)N2CCN(CC(=O)N3CC[C@H](C)Sc4ccccc43)CC2)cc1. The van der Waals surface area contributed by atoms with E-state index in [-0.39, 0.29) is 23.1 Å². The fraction of sp³-hybridized carbons (Fsp3) is 0.417. The Hall–Kier alpha value is -2.20. The summed E-state index contributed by atoms with van der Waals surface area (Å²) in [5.41, 5.74) is 1.45. The minimum atomic E-state index is -3.63. The zero-order chi connectivity index (χ0) is 23.6. The van der Waals surface area contributed by atoms with Crippen LogP contribution in [0.2, 0.25) is 0 Å². The van der Waals surface area contributed by atoms with Gasteiger partial charge in [0.25, 0.3) is 0 Å². The summed E-state index contributed by atoms with van der Waals surface area (Å²) in [6.45, 7) is 6.25. The molecule has 7 nitrogen and oxygen atoms in total. The van der Waals surface area contributed by atoms with Gasteiger partial charge in [-0.1, -0.05) is 31.2 Å². The number of sulfonamides is 1. The topological polar surface area (TPSA) is 78.0 Å². The third-order valence-electron chi connectivity index (χ3n) is 6.13. The standard InChI is InChI=1S/C24H29N3O4S2/c1-18-11-12-27(22-5-3-4-6-23(22)32-18)24(29)17-25-13-15-26(16-14-25)33(30,31)21-9-7-20(8-10-21)19(2)28/h3-10,18H,11-17H2,1-2H3/t18-/m0/s1. The van der Waals surface area contributed by atoms with Crippen LogP contribution in [0.3, 0.4) is 0 Å². The maximum absolute atomic E-state index is 13.2. The number of anilines is 1. The second-order valence-corrected chi connectivity index (χ2v) is 11.9. The van der Waals surface area contributed by atoms with E-state index in [2.05, 4.69) is 13.0 Å². The molecule has 2 aliphatic heterocycles. The Morgan fingerprint density at radius 2 is 1.64 bits per heavy atom. The Labute approximate surface area is 199 Å². The molecular weight excluding hydrogens is 458 g/mol. The number of piperazine rings is 1. The molecule has 2 heterocycles. The third-order valence-corrected chi connectivity index (χ3v) is 9.28. The van der Waals surface area contributed by atoms with E-state index in [1.54, 1.807) is 23.9 Å². The Morgan fingerprint density at radius 3 is 2.30 bits per heavy atom. The lowest BCUT2D eigenvalue weighted by Crippen LogP contribution is -2.51. The van der Waals surface area contributed by atoms with Crippen LogP contribution >= 0.6 is 11.8 Å². The zero-order valence-electron chi connectivity index (χ0n) is 18.9. The smallest absolute Gasteiger partial charge is 0.243 e. The highest BCUT2D eigenvalue weighted by Gasteiger charge is 2.31. The minimum absolute atomic E-state index is 0.0493. The van der Waals surface area contributed by atoms with Gasteiger partial charge in [-0.3, -0.25) is 14.5 Å². The van der Waals surface area contributed by atoms with Crippen molar-refractivity contribution in [3.63, 3.8) is 0 Å². The predicted molar refractivity (Wildman–Crippen MR) is 130 cm³/mol. The van der Waals surface area contributed by atoms with Crippen LogP contribution < -0.4 is 4.90 Å². The molecule has 0 unspecified atom stereocenters. The maximum Gasteiger partial charge on any atom is 0.243 e. The van der Waals surface area contributed by atoms with Gasteiger partial charge in [-0.2, -0.15) is 4.31 Å². The number of thioether (sulfide) groups is 1. The van der Waals surface area contributed by atoms with Crippen molar-refractivity contribution in [1.29, 1.82) is 0 Å². The first-order valence-corrected chi connectivity index (χ1v) is 13.5. The van der Waals surface area contributed by atoms with E-state index in [1.807, 2.05) is 28.0 Å². The molecule has 0 saturated carbocycles. The van der Waals surface area contributed by atoms with E-state index < -0.39 is 10.0 Å². The molecule has 0 bridgehead atoms. The fourth-order valence-corrected chi connectivity index (χ4v) is 6.70. The van der Waals surface area contributed by atoms with E-state index in [0.29, 0.717) is 43.5 Å². The van der Waals surface area contributed by atoms with Gasteiger partial charge >= 0.3 is 0 Å². The average molecular weight is 488 g/mol. The maximum atomic E-state index is 13.2. The van der Waals surface area contributed by atoms with Crippen LogP contribution in [0, 0.1) is 0 Å². The zero-order valence-corrected chi connectivity index (χ0v) is 20.6. The molecule has 1 atom stereocenters. The first-order chi connectivity index (χ1) is 15.8. The van der Waals surface area contributed by atoms with Gasteiger partial charge in [-0.05, 0) is 37.6 Å². The van der Waals surface area contributed by atoms with Gasteiger partial charge in [0, 0.05) is 48.4 Å². The average Bonchev–Trinajstić information content (AvgIpc) is 2.97. The van der Waals surface area contributed by atoms with Crippen molar-refractivity contribution >= 4 is 39.2 Å². The first kappa shape index (κ1) is 23.9. The molecule has 0 N–H and O–H groups in total. The molecule has 1 saturated heterocycles. The molecule has 0 spiro atoms. The van der Waals surface area contributed by atoms with Crippen molar-refractivity contribution < 1.29 is 18.0 Å². The molecule has 2 aliphatic rings. The molecule has 1 fully saturated rings. The molecule has 9 heteroatoms. The molecule has 176 valence electrons. The molecule has 0 radical (unpaired) electrons. The van der Waals surface area contributed by atoms with Crippen LogP contribution in [0.4, 0.5) is 5.69 Å². The molecule has 2 aromatic rings. The molecule has 2 aromatic carbocycles. The number of Topliss-reactive ketones (excluding diaryl/α,β-unsaturated/α-hetero) is 1. The first-order valence-electron chi connectivity index (χ1n) is 11.2. The molecule has 1 amide bonds. The Bertz CT molecular complexity index is 1130. The number of fused-ring (bicyclic) bond motifs is 1. The number of hydrogen-bond donors (Lipinski definition) is 0. The van der Waals surface area contributed by atoms with E-state index in [0.717, 1.165) is 17.0 Å². The number of ketones is 1. The van der Waals surface area contributed by atoms with E-state index >= 15 is 0 Å². The van der Waals surface area contributed by atoms with Crippen LogP contribution in [0.5, 0.6) is 0 Å². The lowest BCUT2D eigenvalue weighted by atomic mass is 10.2. The number of carbonyl (C=O) groups is 2. The Kier molecular flexibility index (Phi) is 7.23. The van der Waals surface area contributed by atoms with E-state index in [1.165, 1.54) is 23.4 Å². The third kappa shape index (κ3) is 5.32. The van der Waals surface area contributed by atoms with Crippen molar-refractivity contribution in [3.8, 4) is 0 Å². The number of hydrogen-bond acceptors (Lipinski definition) is 6. The lowest BCUT2D eigenvalue weighted by molar-refractivity contribution is -0.120. The summed E-state index contributed by atoms with van der Waals surface area (Å²) in [6, 6.07) is 14.1. The monoisotopic (exact) mass is 487 g/mol. The van der Waals surface area contributed by atoms with Crippen LogP contribution in [-0.2, 0) is 14.8 Å². The van der Waals surface area contributed by atoms with E-state index in [9.17, 15) is 18.0 Å². The Balaban J connectivity index is 1.38. The molecular formula is C24H29N3O4S2. The van der Waals surface area contributed by atoms with Crippen molar-refractivity contribution in [2.24, 2.45) is 0 Å². The summed E-state index contributed by atoms with van der Waals surface area (Å²) in [4.78, 5) is 29.9. The number of carbonyl (C=O) groups excluding carboxylic acids is 2. The fourth-order valence-electron chi connectivity index (χ4n) is 4.16. The number of para-hydroxylation sites is 1. The highest BCUT2D eigenvalue weighted by Crippen LogP contribution is 2.37. The van der Waals surface area contributed by atoms with Crippen molar-refractivity contribution in [3.05, 3.63) is 54.1 Å². The highest BCUT2D eigenvalue weighted by atomic mass is 32.2. The summed E-state index contributed by atoms with van der Waals surface area (Å²) >= 11 is 1.80. The second-order valence-electron chi connectivity index (χ2n) is 8.49. The molecule has 0 aliphatic carbocycles. The molecule has 33 heavy (non-hydrogen) atoms. The summed E-state index contributed by atoms with van der Waals surface area (Å²) < 4.78 is 27.4. The van der Waals surface area contributed by atoms with Crippen molar-refractivity contribution in [1.82, 2.24) is 9.21 Å². The van der Waals surface area contributed by atoms with Gasteiger partial charge < -0.3 is 4.90 Å². The predicted octanol–water partition coefficient (Wildman–Crippen LogP) is 3.11. The van der Waals surface area contributed by atoms with Gasteiger partial charge in [-0.25, -0.2) is 8.42 Å². The van der Waals surface area contributed by atoms with Crippen LogP contribution in [0.25, 0.3) is 0 Å². The van der Waals surface area contributed by atoms with E-state index in [4.69, 9.17) is 0 Å². The quantitative estimate of drug-likeness (QED) is 0.603. The minimum Gasteiger partial charge on any atom is -0.310 e. The second kappa shape index (κ2) is 9.97. The summed E-state index contributed by atoms with van der Waals surface area (Å²) in [5.74, 6) is -0.0504. The van der Waals surface area contributed by atoms with Gasteiger partial charge in [0.1, 0.15) is 0 Å². The normalized spacial score (nSPS) is 20.2. The number of nitrogens with zero attached hydrogens (tertiary/aromatic N) is 3. The molecule has 4 rings (SSSR count). The van der Waals surface area contributed by atoms with Crippen molar-refractivity contribution in [2.75, 3.05) is 44.2 Å². The number of benzene rings is 2. The number of amides is 1. The highest BCUT2D eigenvalue weighted by molar-refractivity contribution is 8.00. The van der Waals surface area contributed by atoms with Crippen LogP contribution in [-0.4, -0.2) is 73.8 Å². The summed E-state index contributed by atoms with van der Waals surface area (Å²) in [6.07, 6.45) is 0.930.